The van der Waals surface area contributed by atoms with Gasteiger partial charge in [-0.1, -0.05) is 6.07 Å². The molecule has 0 unspecified atom stereocenters. The summed E-state index contributed by atoms with van der Waals surface area (Å²) < 4.78 is 40.0. The Bertz CT molecular complexity index is 659. The molecule has 21 heavy (non-hydrogen) atoms. The Hall–Kier alpha value is -1.31. The minimum Gasteiger partial charge on any atom is -0.454 e. The van der Waals surface area contributed by atoms with Crippen LogP contribution >= 0.6 is 0 Å². The fourth-order valence-electron chi connectivity index (χ4n) is 3.11. The highest BCUT2D eigenvalue weighted by Gasteiger charge is 2.68. The number of benzene rings is 1. The number of sulfone groups is 1. The fourth-order valence-corrected chi connectivity index (χ4v) is 4.95. The standard InChI is InChI=1S/C14H19NO5S/c1-3-18-7-14(15)12(13(14)21(2,16)17)9-4-5-10-11(6-9)20-8-19-10/h4-6,12-13H,3,7-8,15H2,1-2H3/t12-,13+,14-/m1/s1. The van der Waals surface area contributed by atoms with Crippen molar-refractivity contribution in [1.29, 1.82) is 0 Å². The van der Waals surface area contributed by atoms with E-state index >= 15 is 0 Å². The molecule has 1 aromatic rings. The minimum absolute atomic E-state index is 0.186. The Kier molecular flexibility index (Phi) is 3.38. The van der Waals surface area contributed by atoms with Crippen molar-refractivity contribution in [3.8, 4) is 11.5 Å². The first-order valence-corrected chi connectivity index (χ1v) is 8.78. The molecule has 0 aromatic heterocycles. The normalized spacial score (nSPS) is 30.4. The van der Waals surface area contributed by atoms with Crippen LogP contribution < -0.4 is 15.2 Å². The van der Waals surface area contributed by atoms with E-state index in [4.69, 9.17) is 19.9 Å². The Morgan fingerprint density at radius 2 is 2.10 bits per heavy atom. The van der Waals surface area contributed by atoms with Gasteiger partial charge in [0.25, 0.3) is 0 Å². The fraction of sp³-hybridized carbons (Fsp3) is 0.571. The molecule has 7 heteroatoms. The number of ether oxygens (including phenoxy) is 3. The lowest BCUT2D eigenvalue weighted by Gasteiger charge is -2.11. The van der Waals surface area contributed by atoms with Crippen LogP contribution in [-0.2, 0) is 14.6 Å². The van der Waals surface area contributed by atoms with Gasteiger partial charge in [-0.05, 0) is 24.6 Å². The first-order valence-electron chi connectivity index (χ1n) is 6.83. The Labute approximate surface area is 124 Å². The van der Waals surface area contributed by atoms with E-state index < -0.39 is 20.6 Å². The van der Waals surface area contributed by atoms with Crippen LogP contribution in [0.5, 0.6) is 11.5 Å². The predicted octanol–water partition coefficient (Wildman–Crippen LogP) is 0.660. The monoisotopic (exact) mass is 313 g/mol. The highest BCUT2D eigenvalue weighted by molar-refractivity contribution is 7.91. The molecule has 0 saturated heterocycles. The molecule has 0 bridgehead atoms. The second kappa shape index (κ2) is 4.86. The molecule has 6 nitrogen and oxygen atoms in total. The molecule has 0 radical (unpaired) electrons. The number of nitrogens with two attached hydrogens (primary N) is 1. The van der Waals surface area contributed by atoms with Crippen LogP contribution in [0.1, 0.15) is 18.4 Å². The molecule has 2 aliphatic rings. The predicted molar refractivity (Wildman–Crippen MR) is 77.3 cm³/mol. The molecule has 1 aliphatic carbocycles. The van der Waals surface area contributed by atoms with Gasteiger partial charge in [0.1, 0.15) is 0 Å². The van der Waals surface area contributed by atoms with Crippen LogP contribution in [0.15, 0.2) is 18.2 Å². The van der Waals surface area contributed by atoms with Crippen LogP contribution in [0.4, 0.5) is 0 Å². The molecule has 0 amide bonds. The van der Waals surface area contributed by atoms with Crippen molar-refractivity contribution in [1.82, 2.24) is 0 Å². The zero-order valence-corrected chi connectivity index (χ0v) is 12.9. The van der Waals surface area contributed by atoms with Crippen molar-refractivity contribution in [2.24, 2.45) is 5.73 Å². The highest BCUT2D eigenvalue weighted by atomic mass is 32.2. The molecule has 0 spiro atoms. The van der Waals surface area contributed by atoms with E-state index in [0.717, 1.165) is 5.56 Å². The van der Waals surface area contributed by atoms with Crippen LogP contribution in [0.3, 0.4) is 0 Å². The summed E-state index contributed by atoms with van der Waals surface area (Å²) in [4.78, 5) is 0. The van der Waals surface area contributed by atoms with Crippen LogP contribution in [-0.4, -0.2) is 45.5 Å². The van der Waals surface area contributed by atoms with Gasteiger partial charge in [0.05, 0.1) is 17.4 Å². The molecular formula is C14H19NO5S. The molecule has 1 aromatic carbocycles. The van der Waals surface area contributed by atoms with Crippen molar-refractivity contribution in [2.75, 3.05) is 26.3 Å². The Morgan fingerprint density at radius 1 is 1.38 bits per heavy atom. The lowest BCUT2D eigenvalue weighted by atomic mass is 10.1. The summed E-state index contributed by atoms with van der Waals surface area (Å²) in [6, 6.07) is 5.44. The molecule has 1 aliphatic heterocycles. The number of hydrogen-bond donors (Lipinski definition) is 1. The van der Waals surface area contributed by atoms with Crippen molar-refractivity contribution in [2.45, 2.75) is 23.6 Å². The van der Waals surface area contributed by atoms with E-state index in [0.29, 0.717) is 18.1 Å². The molecule has 1 saturated carbocycles. The van der Waals surface area contributed by atoms with E-state index in [1.54, 1.807) is 6.07 Å². The molecule has 1 heterocycles. The molecule has 3 rings (SSSR count). The van der Waals surface area contributed by atoms with Gasteiger partial charge < -0.3 is 19.9 Å². The van der Waals surface area contributed by atoms with Gasteiger partial charge in [-0.15, -0.1) is 0 Å². The third-order valence-corrected chi connectivity index (χ3v) is 5.71. The van der Waals surface area contributed by atoms with Crippen molar-refractivity contribution >= 4 is 9.84 Å². The summed E-state index contributed by atoms with van der Waals surface area (Å²) in [7, 11) is -3.26. The van der Waals surface area contributed by atoms with E-state index in [1.165, 1.54) is 6.26 Å². The number of fused-ring (bicyclic) bond motifs is 1. The van der Waals surface area contributed by atoms with E-state index in [-0.39, 0.29) is 19.3 Å². The number of rotatable bonds is 5. The van der Waals surface area contributed by atoms with Crippen molar-refractivity contribution < 1.29 is 22.6 Å². The van der Waals surface area contributed by atoms with Gasteiger partial charge in [-0.25, -0.2) is 8.42 Å². The van der Waals surface area contributed by atoms with Gasteiger partial charge in [-0.3, -0.25) is 0 Å². The summed E-state index contributed by atoms with van der Waals surface area (Å²) in [5.41, 5.74) is 6.27. The smallest absolute Gasteiger partial charge is 0.231 e. The van der Waals surface area contributed by atoms with Gasteiger partial charge in [0.2, 0.25) is 6.79 Å². The third kappa shape index (κ3) is 2.39. The van der Waals surface area contributed by atoms with E-state index in [1.807, 2.05) is 19.1 Å². The number of hydrogen-bond acceptors (Lipinski definition) is 6. The Morgan fingerprint density at radius 3 is 2.76 bits per heavy atom. The maximum absolute atomic E-state index is 12.0. The molecule has 2 N–H and O–H groups in total. The summed E-state index contributed by atoms with van der Waals surface area (Å²) in [6.45, 7) is 2.77. The minimum atomic E-state index is -3.26. The Balaban J connectivity index is 1.93. The maximum atomic E-state index is 12.0. The van der Waals surface area contributed by atoms with Gasteiger partial charge in [0.15, 0.2) is 21.3 Å². The second-order valence-electron chi connectivity index (χ2n) is 5.59. The molecule has 116 valence electrons. The third-order valence-electron chi connectivity index (χ3n) is 4.08. The summed E-state index contributed by atoms with van der Waals surface area (Å²) >= 11 is 0. The SMILES string of the molecule is CCOC[C@@]1(N)[C@H](c2ccc3c(c2)OCO3)[C@@H]1S(C)(=O)=O. The lowest BCUT2D eigenvalue weighted by Crippen LogP contribution is -2.36. The van der Waals surface area contributed by atoms with Gasteiger partial charge in [0, 0.05) is 18.8 Å². The quantitative estimate of drug-likeness (QED) is 0.859. The molecule has 3 atom stereocenters. The van der Waals surface area contributed by atoms with E-state index in [2.05, 4.69) is 0 Å². The average Bonchev–Trinajstić information content (AvgIpc) is 2.81. The van der Waals surface area contributed by atoms with Crippen LogP contribution in [0.25, 0.3) is 0 Å². The summed E-state index contributed by atoms with van der Waals surface area (Å²) in [5.74, 6) is 1.02. The van der Waals surface area contributed by atoms with Crippen LogP contribution in [0, 0.1) is 0 Å². The van der Waals surface area contributed by atoms with Crippen molar-refractivity contribution in [3.05, 3.63) is 23.8 Å². The lowest BCUT2D eigenvalue weighted by molar-refractivity contribution is 0.125. The highest BCUT2D eigenvalue weighted by Crippen LogP contribution is 2.55. The van der Waals surface area contributed by atoms with Crippen LogP contribution in [0.2, 0.25) is 0 Å². The largest absolute Gasteiger partial charge is 0.454 e. The zero-order chi connectivity index (χ0) is 15.3. The topological polar surface area (TPSA) is 87.8 Å². The van der Waals surface area contributed by atoms with E-state index in [9.17, 15) is 8.42 Å². The first-order chi connectivity index (χ1) is 9.88. The summed E-state index contributed by atoms with van der Waals surface area (Å²) in [6.07, 6.45) is 1.22. The molecular weight excluding hydrogens is 294 g/mol. The maximum Gasteiger partial charge on any atom is 0.231 e. The van der Waals surface area contributed by atoms with Gasteiger partial charge >= 0.3 is 0 Å². The summed E-state index contributed by atoms with van der Waals surface area (Å²) in [5, 5.41) is -0.628. The first kappa shape index (κ1) is 14.6. The second-order valence-corrected chi connectivity index (χ2v) is 7.76. The molecule has 1 fully saturated rings. The average molecular weight is 313 g/mol. The van der Waals surface area contributed by atoms with Crippen molar-refractivity contribution in [3.63, 3.8) is 0 Å². The zero-order valence-electron chi connectivity index (χ0n) is 12.0. The van der Waals surface area contributed by atoms with Gasteiger partial charge in [-0.2, -0.15) is 0 Å².